The van der Waals surface area contributed by atoms with Crippen LogP contribution in [0.15, 0.2) is 29.6 Å². The predicted molar refractivity (Wildman–Crippen MR) is 117 cm³/mol. The Morgan fingerprint density at radius 1 is 1.17 bits per heavy atom. The van der Waals surface area contributed by atoms with Crippen molar-refractivity contribution in [2.24, 2.45) is 0 Å². The lowest BCUT2D eigenvalue weighted by molar-refractivity contribution is -0.132. The number of carbonyl (C=O) groups is 2. The van der Waals surface area contributed by atoms with Crippen LogP contribution >= 0.6 is 22.9 Å². The average Bonchev–Trinajstić information content (AvgIpc) is 3.38. The van der Waals surface area contributed by atoms with Gasteiger partial charge in [-0.2, -0.15) is 0 Å². The van der Waals surface area contributed by atoms with Crippen LogP contribution in [0.1, 0.15) is 18.5 Å². The number of anilines is 1. The maximum atomic E-state index is 12.7. The molecule has 0 bridgehead atoms. The van der Waals surface area contributed by atoms with Crippen LogP contribution in [0.2, 0.25) is 5.02 Å². The molecule has 30 heavy (non-hydrogen) atoms. The van der Waals surface area contributed by atoms with Crippen molar-refractivity contribution in [3.05, 3.63) is 40.4 Å². The van der Waals surface area contributed by atoms with Crippen LogP contribution in [0.4, 0.5) is 5.13 Å². The third-order valence-corrected chi connectivity index (χ3v) is 6.63. The highest BCUT2D eigenvalue weighted by atomic mass is 35.5. The lowest BCUT2D eigenvalue weighted by Gasteiger charge is -2.34. The molecule has 2 aliphatic rings. The number of hydrogen-bond acceptors (Lipinski definition) is 6. The molecule has 0 unspecified atom stereocenters. The van der Waals surface area contributed by atoms with Crippen LogP contribution in [0.5, 0.6) is 5.75 Å². The largest absolute Gasteiger partial charge is 0.491 e. The molecular formula is C21H25ClN4O3S. The van der Waals surface area contributed by atoms with Crippen LogP contribution in [0, 0.1) is 0 Å². The third kappa shape index (κ3) is 5.11. The first kappa shape index (κ1) is 21.1. The Balaban J connectivity index is 1.19. The molecule has 1 aromatic carbocycles. The van der Waals surface area contributed by atoms with E-state index in [4.69, 9.17) is 16.3 Å². The molecule has 7 nitrogen and oxygen atoms in total. The van der Waals surface area contributed by atoms with Gasteiger partial charge in [0.2, 0.25) is 11.8 Å². The van der Waals surface area contributed by atoms with Gasteiger partial charge in [-0.15, -0.1) is 11.3 Å². The number of benzene rings is 1. The Labute approximate surface area is 185 Å². The molecule has 3 heterocycles. The van der Waals surface area contributed by atoms with E-state index < -0.39 is 0 Å². The Bertz CT molecular complexity index is 898. The lowest BCUT2D eigenvalue weighted by atomic mass is 10.2. The molecule has 2 amide bonds. The molecule has 4 rings (SSSR count). The number of ether oxygens (including phenoxy) is 1. The van der Waals surface area contributed by atoms with Crippen LogP contribution in [-0.4, -0.2) is 72.5 Å². The van der Waals surface area contributed by atoms with E-state index in [2.05, 4.69) is 9.88 Å². The van der Waals surface area contributed by atoms with Crippen molar-refractivity contribution in [3.63, 3.8) is 0 Å². The fraction of sp³-hybridized carbons (Fsp3) is 0.476. The van der Waals surface area contributed by atoms with E-state index in [9.17, 15) is 9.59 Å². The van der Waals surface area contributed by atoms with Crippen LogP contribution in [0.3, 0.4) is 0 Å². The van der Waals surface area contributed by atoms with Crippen LogP contribution in [-0.2, 0) is 16.0 Å². The molecule has 2 saturated heterocycles. The Morgan fingerprint density at radius 2 is 1.97 bits per heavy atom. The molecule has 0 atom stereocenters. The molecule has 160 valence electrons. The number of nitrogens with zero attached hydrogens (tertiary/aromatic N) is 4. The van der Waals surface area contributed by atoms with Gasteiger partial charge >= 0.3 is 0 Å². The summed E-state index contributed by atoms with van der Waals surface area (Å²) in [5, 5.41) is 3.22. The van der Waals surface area contributed by atoms with Gasteiger partial charge in [0, 0.05) is 51.1 Å². The first-order chi connectivity index (χ1) is 14.6. The van der Waals surface area contributed by atoms with E-state index in [1.807, 2.05) is 34.5 Å². The summed E-state index contributed by atoms with van der Waals surface area (Å²) in [5.74, 6) is 0.912. The summed E-state index contributed by atoms with van der Waals surface area (Å²) in [4.78, 5) is 34.9. The number of rotatable bonds is 7. The van der Waals surface area contributed by atoms with Gasteiger partial charge in [0.05, 0.1) is 17.1 Å². The lowest BCUT2D eigenvalue weighted by Crippen LogP contribution is -2.50. The van der Waals surface area contributed by atoms with E-state index in [0.29, 0.717) is 42.0 Å². The van der Waals surface area contributed by atoms with Crippen LogP contribution in [0.25, 0.3) is 0 Å². The molecule has 2 aliphatic heterocycles. The Hall–Kier alpha value is -2.16. The molecule has 0 N–H and O–H groups in total. The van der Waals surface area contributed by atoms with Crippen molar-refractivity contribution >= 4 is 39.9 Å². The van der Waals surface area contributed by atoms with Crippen LogP contribution < -0.4 is 9.64 Å². The molecule has 0 radical (unpaired) electrons. The summed E-state index contributed by atoms with van der Waals surface area (Å²) in [6.45, 7) is 5.13. The van der Waals surface area contributed by atoms with Crippen molar-refractivity contribution in [1.82, 2.24) is 14.8 Å². The van der Waals surface area contributed by atoms with Crippen molar-refractivity contribution in [1.29, 1.82) is 0 Å². The van der Waals surface area contributed by atoms with Gasteiger partial charge in [-0.05, 0) is 18.6 Å². The second-order valence-electron chi connectivity index (χ2n) is 7.45. The van der Waals surface area contributed by atoms with E-state index in [1.54, 1.807) is 4.90 Å². The number of halogens is 1. The minimum atomic E-state index is 0.0894. The molecule has 0 saturated carbocycles. The fourth-order valence-corrected chi connectivity index (χ4v) is 4.74. The van der Waals surface area contributed by atoms with Crippen molar-refractivity contribution in [3.8, 4) is 5.75 Å². The first-order valence-corrected chi connectivity index (χ1v) is 11.5. The number of hydrogen-bond donors (Lipinski definition) is 0. The molecule has 9 heteroatoms. The minimum Gasteiger partial charge on any atom is -0.491 e. The third-order valence-electron chi connectivity index (χ3n) is 5.40. The van der Waals surface area contributed by atoms with Gasteiger partial charge in [0.25, 0.3) is 0 Å². The number of carbonyl (C=O) groups excluding carboxylic acids is 2. The fourth-order valence-electron chi connectivity index (χ4n) is 3.69. The van der Waals surface area contributed by atoms with Gasteiger partial charge in [-0.3, -0.25) is 19.4 Å². The molecule has 1 aromatic heterocycles. The number of piperazine rings is 1. The van der Waals surface area contributed by atoms with Gasteiger partial charge in [-0.1, -0.05) is 23.7 Å². The second-order valence-corrected chi connectivity index (χ2v) is 8.69. The topological polar surface area (TPSA) is 66.0 Å². The zero-order valence-corrected chi connectivity index (χ0v) is 18.3. The number of thiazole rings is 1. The summed E-state index contributed by atoms with van der Waals surface area (Å²) < 4.78 is 5.76. The summed E-state index contributed by atoms with van der Waals surface area (Å²) in [7, 11) is 0. The van der Waals surface area contributed by atoms with Crippen molar-refractivity contribution in [2.75, 3.05) is 50.8 Å². The van der Waals surface area contributed by atoms with Gasteiger partial charge in [0.15, 0.2) is 5.13 Å². The van der Waals surface area contributed by atoms with E-state index in [1.165, 1.54) is 11.3 Å². The number of amides is 2. The maximum Gasteiger partial charge on any atom is 0.228 e. The van der Waals surface area contributed by atoms with E-state index >= 15 is 0 Å². The molecule has 2 aromatic rings. The van der Waals surface area contributed by atoms with Gasteiger partial charge in [-0.25, -0.2) is 4.98 Å². The summed E-state index contributed by atoms with van der Waals surface area (Å²) in [5.41, 5.74) is 0.746. The SMILES string of the molecule is O=C(Cc1csc(N2CCCC2=O)n1)N1CCN(CCOc2ccccc2Cl)CC1. The van der Waals surface area contributed by atoms with Crippen molar-refractivity contribution in [2.45, 2.75) is 19.3 Å². The monoisotopic (exact) mass is 448 g/mol. The van der Waals surface area contributed by atoms with E-state index in [-0.39, 0.29) is 18.2 Å². The highest BCUT2D eigenvalue weighted by Gasteiger charge is 2.26. The standard InChI is InChI=1S/C21H25ClN4O3S/c22-17-4-1-2-5-18(17)29-13-12-24-8-10-25(11-9-24)20(28)14-16-15-30-21(23-16)26-7-3-6-19(26)27/h1-2,4-5,15H,3,6-14H2. The number of para-hydroxylation sites is 1. The Kier molecular flexibility index (Phi) is 6.86. The average molecular weight is 449 g/mol. The normalized spacial score (nSPS) is 17.6. The summed E-state index contributed by atoms with van der Waals surface area (Å²) >= 11 is 7.54. The Morgan fingerprint density at radius 3 is 2.70 bits per heavy atom. The molecule has 0 aliphatic carbocycles. The van der Waals surface area contributed by atoms with Gasteiger partial charge < -0.3 is 9.64 Å². The van der Waals surface area contributed by atoms with Gasteiger partial charge in [0.1, 0.15) is 12.4 Å². The molecule has 2 fully saturated rings. The predicted octanol–water partition coefficient (Wildman–Crippen LogP) is 2.69. The summed E-state index contributed by atoms with van der Waals surface area (Å²) in [6, 6.07) is 7.46. The quantitative estimate of drug-likeness (QED) is 0.651. The maximum absolute atomic E-state index is 12.7. The molecular weight excluding hydrogens is 424 g/mol. The van der Waals surface area contributed by atoms with Crippen molar-refractivity contribution < 1.29 is 14.3 Å². The second kappa shape index (κ2) is 9.76. The summed E-state index contributed by atoms with van der Waals surface area (Å²) in [6.07, 6.45) is 1.75. The van der Waals surface area contributed by atoms with E-state index in [0.717, 1.165) is 38.3 Å². The smallest absolute Gasteiger partial charge is 0.228 e. The zero-order valence-electron chi connectivity index (χ0n) is 16.8. The highest BCUT2D eigenvalue weighted by molar-refractivity contribution is 7.14. The zero-order chi connectivity index (χ0) is 20.9. The number of aromatic nitrogens is 1. The minimum absolute atomic E-state index is 0.0894. The molecule has 0 spiro atoms. The first-order valence-electron chi connectivity index (χ1n) is 10.2. The highest BCUT2D eigenvalue weighted by Crippen LogP contribution is 2.26.